The molecule has 0 atom stereocenters. The highest BCUT2D eigenvalue weighted by molar-refractivity contribution is 7.99. The van der Waals surface area contributed by atoms with Gasteiger partial charge in [-0.2, -0.15) is 42.0 Å². The zero-order chi connectivity index (χ0) is 43.6. The monoisotopic (exact) mass is 877 g/mol. The Morgan fingerprint density at radius 1 is 0.583 bits per heavy atom. The molecule has 0 unspecified atom stereocenters. The van der Waals surface area contributed by atoms with Crippen LogP contribution in [0.15, 0.2) is 108 Å². The van der Waals surface area contributed by atoms with Gasteiger partial charge in [-0.1, -0.05) is 23.9 Å². The van der Waals surface area contributed by atoms with Crippen LogP contribution >= 0.6 is 11.8 Å². The van der Waals surface area contributed by atoms with E-state index in [1.54, 1.807) is 26.0 Å². The summed E-state index contributed by atoms with van der Waals surface area (Å²) in [6.45, 7) is 14.4. The molecule has 0 aliphatic carbocycles. The van der Waals surface area contributed by atoms with Crippen molar-refractivity contribution in [3.63, 3.8) is 0 Å². The molecule has 0 fully saturated rings. The minimum absolute atomic E-state index is 0.117. The van der Waals surface area contributed by atoms with Crippen molar-refractivity contribution in [3.05, 3.63) is 83.9 Å². The fraction of sp³-hybridized carbons (Fsp3) is 0.308. The first-order chi connectivity index (χ1) is 28.6. The molecule has 5 rings (SSSR count). The van der Waals surface area contributed by atoms with Gasteiger partial charge in [0.2, 0.25) is 11.9 Å². The first-order valence-electron chi connectivity index (χ1n) is 18.9. The van der Waals surface area contributed by atoms with Gasteiger partial charge in [0.15, 0.2) is 5.16 Å². The molecule has 0 aliphatic rings. The molecule has 0 spiro atoms. The number of nitrogens with one attached hydrogen (secondary N) is 2. The molecule has 0 radical (unpaired) electrons. The maximum absolute atomic E-state index is 11.9. The number of azo groups is 2. The van der Waals surface area contributed by atoms with Crippen LogP contribution in [-0.2, 0) is 20.2 Å². The number of anilines is 6. The molecule has 1 heterocycles. The predicted octanol–water partition coefficient (Wildman–Crippen LogP) is 9.08. The molecule has 318 valence electrons. The van der Waals surface area contributed by atoms with E-state index in [2.05, 4.69) is 50.9 Å². The van der Waals surface area contributed by atoms with Crippen LogP contribution in [0.3, 0.4) is 0 Å². The van der Waals surface area contributed by atoms with E-state index in [9.17, 15) is 31.0 Å². The van der Waals surface area contributed by atoms with Gasteiger partial charge >= 0.3 is 0 Å². The average Bonchev–Trinajstić information content (AvgIpc) is 3.20. The normalized spacial score (nSPS) is 12.0. The SMILES string of the molecule is CCN(CC)c1ccc(/N=N/c2cc(S(=O)(=O)O)ccc2C)c(Nc2nc(Nc3cc(N(CC)CC)ccc3/N=N/c3cc(S(=O)(=O)O)ccc3C)nc(SCCO)n2)c1. The molecular weight excluding hydrogens is 831 g/mol. The van der Waals surface area contributed by atoms with Crippen molar-refractivity contribution in [2.45, 2.75) is 56.5 Å². The number of benzene rings is 4. The molecule has 5 aromatic rings. The van der Waals surface area contributed by atoms with E-state index in [1.165, 1.54) is 48.2 Å². The number of aliphatic hydroxyl groups is 1. The molecule has 0 saturated heterocycles. The quantitative estimate of drug-likeness (QED) is 0.0295. The van der Waals surface area contributed by atoms with Crippen molar-refractivity contribution >= 4 is 89.4 Å². The zero-order valence-corrected chi connectivity index (χ0v) is 36.3. The summed E-state index contributed by atoms with van der Waals surface area (Å²) in [5.74, 6) is 0.526. The Hall–Kier alpha value is -5.58. The van der Waals surface area contributed by atoms with Crippen LogP contribution in [-0.4, -0.2) is 84.5 Å². The maximum Gasteiger partial charge on any atom is 0.294 e. The van der Waals surface area contributed by atoms with Gasteiger partial charge in [-0.3, -0.25) is 9.11 Å². The lowest BCUT2D eigenvalue weighted by Gasteiger charge is -2.22. The number of hydrogen-bond donors (Lipinski definition) is 5. The van der Waals surface area contributed by atoms with Crippen LogP contribution < -0.4 is 20.4 Å². The summed E-state index contributed by atoms with van der Waals surface area (Å²) in [6.07, 6.45) is 0. The van der Waals surface area contributed by atoms with Gasteiger partial charge in [0, 0.05) is 43.3 Å². The van der Waals surface area contributed by atoms with Crippen molar-refractivity contribution in [2.75, 3.05) is 59.0 Å². The van der Waals surface area contributed by atoms with Crippen molar-refractivity contribution in [1.82, 2.24) is 15.0 Å². The van der Waals surface area contributed by atoms with Crippen molar-refractivity contribution in [2.24, 2.45) is 20.5 Å². The molecule has 0 aliphatic heterocycles. The number of aliphatic hydroxyl groups excluding tert-OH is 1. The highest BCUT2D eigenvalue weighted by Gasteiger charge is 2.17. The van der Waals surface area contributed by atoms with Crippen LogP contribution in [0, 0.1) is 13.8 Å². The van der Waals surface area contributed by atoms with E-state index in [1.807, 2.05) is 52.0 Å². The highest BCUT2D eigenvalue weighted by Crippen LogP contribution is 2.37. The van der Waals surface area contributed by atoms with Gasteiger partial charge in [0.25, 0.3) is 20.2 Å². The molecule has 0 amide bonds. The highest BCUT2D eigenvalue weighted by atomic mass is 32.2. The largest absolute Gasteiger partial charge is 0.396 e. The summed E-state index contributed by atoms with van der Waals surface area (Å²) in [5, 5.41) is 34.1. The lowest BCUT2D eigenvalue weighted by atomic mass is 10.2. The summed E-state index contributed by atoms with van der Waals surface area (Å²) >= 11 is 1.20. The van der Waals surface area contributed by atoms with Crippen LogP contribution in [0.25, 0.3) is 0 Å². The smallest absolute Gasteiger partial charge is 0.294 e. The molecule has 4 aromatic carbocycles. The first-order valence-corrected chi connectivity index (χ1v) is 22.7. The summed E-state index contributed by atoms with van der Waals surface area (Å²) in [7, 11) is -8.95. The van der Waals surface area contributed by atoms with Crippen LogP contribution in [0.1, 0.15) is 38.8 Å². The Kier molecular flexibility index (Phi) is 15.3. The van der Waals surface area contributed by atoms with Gasteiger partial charge in [0.05, 0.1) is 39.1 Å². The number of hydrogen-bond acceptors (Lipinski definition) is 17. The second-order valence-corrected chi connectivity index (χ2v) is 17.0. The minimum atomic E-state index is -4.48. The van der Waals surface area contributed by atoms with Crippen LogP contribution in [0.5, 0.6) is 0 Å². The first kappa shape index (κ1) is 45.5. The van der Waals surface area contributed by atoms with Crippen molar-refractivity contribution < 1.29 is 31.0 Å². The van der Waals surface area contributed by atoms with E-state index < -0.39 is 20.2 Å². The number of aromatic nitrogens is 3. The minimum Gasteiger partial charge on any atom is -0.396 e. The fourth-order valence-electron chi connectivity index (χ4n) is 5.83. The third-order valence-electron chi connectivity index (χ3n) is 9.14. The van der Waals surface area contributed by atoms with E-state index >= 15 is 0 Å². The van der Waals surface area contributed by atoms with Gasteiger partial charge in [-0.05, 0) is 113 Å². The summed E-state index contributed by atoms with van der Waals surface area (Å²) in [4.78, 5) is 17.6. The van der Waals surface area contributed by atoms with E-state index in [-0.39, 0.29) is 44.8 Å². The Morgan fingerprint density at radius 2 is 0.983 bits per heavy atom. The van der Waals surface area contributed by atoms with Gasteiger partial charge < -0.3 is 25.5 Å². The van der Waals surface area contributed by atoms with Gasteiger partial charge in [0.1, 0.15) is 11.4 Å². The zero-order valence-electron chi connectivity index (χ0n) is 33.9. The van der Waals surface area contributed by atoms with Gasteiger partial charge in [-0.15, -0.1) is 10.2 Å². The van der Waals surface area contributed by atoms with Crippen molar-refractivity contribution in [3.8, 4) is 0 Å². The molecule has 21 heteroatoms. The Morgan fingerprint density at radius 3 is 1.35 bits per heavy atom. The summed E-state index contributed by atoms with van der Waals surface area (Å²) < 4.78 is 66.6. The number of nitrogens with zero attached hydrogens (tertiary/aromatic N) is 9. The Bertz CT molecular complexity index is 2430. The Balaban J connectivity index is 1.60. The van der Waals surface area contributed by atoms with E-state index in [0.29, 0.717) is 39.6 Å². The fourth-order valence-corrected chi connectivity index (χ4v) is 7.41. The lowest BCUT2D eigenvalue weighted by Crippen LogP contribution is -2.21. The van der Waals surface area contributed by atoms with E-state index in [0.717, 1.165) is 37.6 Å². The second-order valence-electron chi connectivity index (χ2n) is 13.1. The molecule has 1 aromatic heterocycles. The predicted molar refractivity (Wildman–Crippen MR) is 235 cm³/mol. The topological polar surface area (TPSA) is 248 Å². The molecule has 0 saturated carbocycles. The number of thioether (sulfide) groups is 1. The molecule has 18 nitrogen and oxygen atoms in total. The standard InChI is InChI=1S/C39H47N11O7S3/c1-7-49(8-2)27-13-17-31(45-47-33-23-29(59(52,53)54)15-11-25(33)5)35(21-27)40-37-42-38(44-39(43-37)58-20-19-51)41-36-22-28(50(9-3)10-4)14-18-32(36)46-48-34-24-30(60(55,56)57)16-12-26(34)6/h11-18,21-24,51H,7-10,19-20H2,1-6H3,(H,52,53,54)(H,55,56,57)(H2,40,41,42,43,44)/b47-45+,48-46+. The van der Waals surface area contributed by atoms with E-state index in [4.69, 9.17) is 4.98 Å². The average molecular weight is 878 g/mol. The molecule has 0 bridgehead atoms. The Labute approximate surface area is 353 Å². The lowest BCUT2D eigenvalue weighted by molar-refractivity contribution is 0.322. The molecule has 5 N–H and O–H groups in total. The third-order valence-corrected chi connectivity index (χ3v) is 11.7. The second kappa shape index (κ2) is 20.1. The molecule has 60 heavy (non-hydrogen) atoms. The van der Waals surface area contributed by atoms with Crippen LogP contribution in [0.2, 0.25) is 0 Å². The third kappa shape index (κ3) is 11.8. The molecular formula is C39H47N11O7S3. The maximum atomic E-state index is 11.9. The number of aryl methyl sites for hydroxylation is 2. The van der Waals surface area contributed by atoms with Crippen molar-refractivity contribution in [1.29, 1.82) is 0 Å². The summed E-state index contributed by atoms with van der Waals surface area (Å²) in [6, 6.07) is 19.1. The van der Waals surface area contributed by atoms with Gasteiger partial charge in [-0.25, -0.2) is 0 Å². The number of rotatable bonds is 19. The van der Waals surface area contributed by atoms with Crippen LogP contribution in [0.4, 0.5) is 57.4 Å². The summed E-state index contributed by atoms with van der Waals surface area (Å²) in [5.41, 5.74) is 5.12.